The number of pyridine rings is 1. The Balaban J connectivity index is 1.77. The summed E-state index contributed by atoms with van der Waals surface area (Å²) in [5.41, 5.74) is -0.439. The van der Waals surface area contributed by atoms with Gasteiger partial charge in [0.25, 0.3) is 10.0 Å². The van der Waals surface area contributed by atoms with Gasteiger partial charge in [0.15, 0.2) is 5.03 Å². The lowest BCUT2D eigenvalue weighted by Gasteiger charge is -2.24. The fraction of sp³-hybridized carbons (Fsp3) is 0.316. The summed E-state index contributed by atoms with van der Waals surface area (Å²) in [6, 6.07) is 7.39. The molecule has 0 aliphatic carbocycles. The Morgan fingerprint density at radius 1 is 1.22 bits per heavy atom. The van der Waals surface area contributed by atoms with Gasteiger partial charge in [0, 0.05) is 18.4 Å². The van der Waals surface area contributed by atoms with Crippen molar-refractivity contribution in [1.82, 2.24) is 14.6 Å². The van der Waals surface area contributed by atoms with E-state index in [9.17, 15) is 36.3 Å². The number of thioether (sulfide) groups is 1. The second-order valence-electron chi connectivity index (χ2n) is 6.88. The SMILES string of the molecule is O=C(O)[C@H](Cc1ccccc1)NC(=O)[C@H]1CSCN1S(=O)(=O)c1ccc(C(F)(F)F)cn1. The molecule has 2 aromatic rings. The third kappa shape index (κ3) is 5.40. The summed E-state index contributed by atoms with van der Waals surface area (Å²) in [5.74, 6) is -2.16. The summed E-state index contributed by atoms with van der Waals surface area (Å²) < 4.78 is 64.8. The molecular weight excluding hydrogens is 471 g/mol. The number of carboxylic acids is 1. The van der Waals surface area contributed by atoms with Crippen LogP contribution in [0.15, 0.2) is 53.7 Å². The smallest absolute Gasteiger partial charge is 0.417 e. The van der Waals surface area contributed by atoms with E-state index in [-0.39, 0.29) is 18.1 Å². The summed E-state index contributed by atoms with van der Waals surface area (Å²) in [7, 11) is -4.38. The molecule has 1 amide bonds. The van der Waals surface area contributed by atoms with E-state index in [4.69, 9.17) is 0 Å². The van der Waals surface area contributed by atoms with Gasteiger partial charge in [-0.1, -0.05) is 30.3 Å². The normalized spacial score (nSPS) is 18.3. The van der Waals surface area contributed by atoms with Gasteiger partial charge >= 0.3 is 12.1 Å². The Morgan fingerprint density at radius 3 is 2.47 bits per heavy atom. The summed E-state index contributed by atoms with van der Waals surface area (Å²) in [5, 5.41) is 11.2. The fourth-order valence-electron chi connectivity index (χ4n) is 3.01. The van der Waals surface area contributed by atoms with E-state index in [1.54, 1.807) is 30.3 Å². The van der Waals surface area contributed by atoms with Crippen LogP contribution in [0.25, 0.3) is 0 Å². The maximum Gasteiger partial charge on any atom is 0.417 e. The molecule has 0 unspecified atom stereocenters. The summed E-state index contributed by atoms with van der Waals surface area (Å²) in [6.45, 7) is 0. The van der Waals surface area contributed by atoms with Crippen molar-refractivity contribution in [3.63, 3.8) is 0 Å². The Morgan fingerprint density at radius 2 is 1.91 bits per heavy atom. The minimum atomic E-state index is -4.67. The second-order valence-corrected chi connectivity index (χ2v) is 9.72. The molecule has 1 aliphatic rings. The zero-order valence-electron chi connectivity index (χ0n) is 16.3. The summed E-state index contributed by atoms with van der Waals surface area (Å²) >= 11 is 1.12. The van der Waals surface area contributed by atoms with Gasteiger partial charge in [-0.2, -0.15) is 17.5 Å². The number of sulfonamides is 1. The lowest BCUT2D eigenvalue weighted by Crippen LogP contribution is -2.52. The number of aliphatic carboxylic acids is 1. The number of nitrogens with zero attached hydrogens (tertiary/aromatic N) is 2. The molecule has 1 aromatic heterocycles. The average molecular weight is 489 g/mol. The number of alkyl halides is 3. The molecule has 1 aromatic carbocycles. The monoisotopic (exact) mass is 489 g/mol. The van der Waals surface area contributed by atoms with Crippen molar-refractivity contribution in [2.75, 3.05) is 11.6 Å². The predicted molar refractivity (Wildman–Crippen MR) is 109 cm³/mol. The largest absolute Gasteiger partial charge is 0.480 e. The standard InChI is InChI=1S/C19H18F3N3O5S2/c20-19(21,22)13-6-7-16(23-9-13)32(29,30)25-11-31-10-15(25)17(26)24-14(18(27)28)8-12-4-2-1-3-5-12/h1-7,9,14-15H,8,10-11H2,(H,24,26)(H,27,28)/t14-,15+/m0/s1. The average Bonchev–Trinajstić information content (AvgIpc) is 3.24. The van der Waals surface area contributed by atoms with Crippen LogP contribution in [0.3, 0.4) is 0 Å². The molecule has 32 heavy (non-hydrogen) atoms. The van der Waals surface area contributed by atoms with Gasteiger partial charge in [-0.05, 0) is 17.7 Å². The Hall–Kier alpha value is -2.64. The molecule has 0 radical (unpaired) electrons. The van der Waals surface area contributed by atoms with Crippen LogP contribution in [-0.4, -0.2) is 58.4 Å². The Labute approximate surface area is 185 Å². The number of hydrogen-bond donors (Lipinski definition) is 2. The zero-order valence-corrected chi connectivity index (χ0v) is 18.0. The molecule has 3 rings (SSSR count). The van der Waals surface area contributed by atoms with Gasteiger partial charge in [-0.25, -0.2) is 18.2 Å². The highest BCUT2D eigenvalue weighted by molar-refractivity contribution is 8.00. The molecular formula is C19H18F3N3O5S2. The second kappa shape index (κ2) is 9.46. The van der Waals surface area contributed by atoms with Crippen molar-refractivity contribution >= 4 is 33.7 Å². The van der Waals surface area contributed by atoms with Gasteiger partial charge in [-0.15, -0.1) is 11.8 Å². The van der Waals surface area contributed by atoms with Crippen molar-refractivity contribution in [2.45, 2.75) is 29.7 Å². The van der Waals surface area contributed by atoms with Crippen molar-refractivity contribution in [2.24, 2.45) is 0 Å². The molecule has 2 heterocycles. The van der Waals surface area contributed by atoms with Crippen molar-refractivity contribution in [1.29, 1.82) is 0 Å². The van der Waals surface area contributed by atoms with Crippen LogP contribution >= 0.6 is 11.8 Å². The molecule has 0 spiro atoms. The van der Waals surface area contributed by atoms with E-state index in [0.717, 1.165) is 22.1 Å². The van der Waals surface area contributed by atoms with Crippen molar-refractivity contribution < 1.29 is 36.3 Å². The highest BCUT2D eigenvalue weighted by atomic mass is 32.2. The molecule has 0 bridgehead atoms. The first-order chi connectivity index (χ1) is 15.0. The van der Waals surface area contributed by atoms with Crippen molar-refractivity contribution in [3.8, 4) is 0 Å². The van der Waals surface area contributed by atoms with Crippen LogP contribution in [0.4, 0.5) is 13.2 Å². The Kier molecular flexibility index (Phi) is 7.10. The topological polar surface area (TPSA) is 117 Å². The minimum absolute atomic E-state index is 0.00497. The minimum Gasteiger partial charge on any atom is -0.480 e. The van der Waals surface area contributed by atoms with Gasteiger partial charge in [0.1, 0.15) is 12.1 Å². The number of halogens is 3. The zero-order chi connectivity index (χ0) is 23.5. The molecule has 2 atom stereocenters. The number of carboxylic acid groups (broad SMARTS) is 1. The van der Waals surface area contributed by atoms with Crippen LogP contribution in [-0.2, 0) is 32.2 Å². The number of hydrogen-bond acceptors (Lipinski definition) is 6. The molecule has 2 N–H and O–H groups in total. The number of carbonyl (C=O) groups is 2. The molecule has 172 valence electrons. The van der Waals surface area contributed by atoms with Crippen LogP contribution in [0.1, 0.15) is 11.1 Å². The molecule has 1 fully saturated rings. The maximum absolute atomic E-state index is 12.9. The number of benzene rings is 1. The van der Waals surface area contributed by atoms with E-state index >= 15 is 0 Å². The third-order valence-corrected chi connectivity index (χ3v) is 7.63. The summed E-state index contributed by atoms with van der Waals surface area (Å²) in [6.07, 6.45) is -4.27. The number of carbonyl (C=O) groups excluding carboxylic acids is 1. The van der Waals surface area contributed by atoms with E-state index in [0.29, 0.717) is 17.8 Å². The van der Waals surface area contributed by atoms with Gasteiger partial charge in [0.05, 0.1) is 11.4 Å². The maximum atomic E-state index is 12.9. The third-order valence-electron chi connectivity index (χ3n) is 4.68. The predicted octanol–water partition coefficient (Wildman–Crippen LogP) is 1.98. The summed E-state index contributed by atoms with van der Waals surface area (Å²) in [4.78, 5) is 27.8. The van der Waals surface area contributed by atoms with Crippen LogP contribution in [0.5, 0.6) is 0 Å². The number of aromatic nitrogens is 1. The first-order valence-corrected chi connectivity index (χ1v) is 11.8. The number of amides is 1. The highest BCUT2D eigenvalue weighted by Gasteiger charge is 2.42. The number of nitrogens with one attached hydrogen (secondary N) is 1. The quantitative estimate of drug-likeness (QED) is 0.611. The van der Waals surface area contributed by atoms with E-state index in [1.807, 2.05) is 0 Å². The molecule has 0 saturated carbocycles. The molecule has 13 heteroatoms. The molecule has 1 aliphatic heterocycles. The van der Waals surface area contributed by atoms with Gasteiger partial charge < -0.3 is 10.4 Å². The van der Waals surface area contributed by atoms with E-state index in [2.05, 4.69) is 10.3 Å². The van der Waals surface area contributed by atoms with Crippen LogP contribution in [0, 0.1) is 0 Å². The van der Waals surface area contributed by atoms with Crippen LogP contribution < -0.4 is 5.32 Å². The molecule has 1 saturated heterocycles. The van der Waals surface area contributed by atoms with Gasteiger partial charge in [-0.3, -0.25) is 4.79 Å². The van der Waals surface area contributed by atoms with E-state index in [1.165, 1.54) is 0 Å². The fourth-order valence-corrected chi connectivity index (χ4v) is 6.07. The first kappa shape index (κ1) is 24.0. The molecule has 8 nitrogen and oxygen atoms in total. The van der Waals surface area contributed by atoms with E-state index < -0.39 is 50.7 Å². The number of rotatable bonds is 7. The van der Waals surface area contributed by atoms with Crippen molar-refractivity contribution in [3.05, 3.63) is 59.8 Å². The Bertz CT molecular complexity index is 1080. The lowest BCUT2D eigenvalue weighted by atomic mass is 10.1. The lowest BCUT2D eigenvalue weighted by molar-refractivity contribution is -0.142. The van der Waals surface area contributed by atoms with Crippen LogP contribution in [0.2, 0.25) is 0 Å². The highest BCUT2D eigenvalue weighted by Crippen LogP contribution is 2.31. The van der Waals surface area contributed by atoms with Gasteiger partial charge in [0.2, 0.25) is 5.91 Å². The first-order valence-electron chi connectivity index (χ1n) is 9.20.